The summed E-state index contributed by atoms with van der Waals surface area (Å²) >= 11 is 0. The zero-order valence-corrected chi connectivity index (χ0v) is 12.4. The van der Waals surface area contributed by atoms with Crippen LogP contribution >= 0.6 is 0 Å². The Kier molecular flexibility index (Phi) is 3.71. The van der Waals surface area contributed by atoms with Crippen molar-refractivity contribution in [3.63, 3.8) is 0 Å². The summed E-state index contributed by atoms with van der Waals surface area (Å²) in [5.41, 5.74) is 3.24. The largest absolute Gasteiger partial charge is 0.289 e. The molecule has 1 nitrogen and oxygen atoms in total. The lowest BCUT2D eigenvalue weighted by atomic mass is 9.76. The minimum Gasteiger partial charge on any atom is -0.289 e. The number of carbonyl (C=O) groups excluding carboxylic acids is 1. The van der Waals surface area contributed by atoms with Gasteiger partial charge in [0.25, 0.3) is 0 Å². The summed E-state index contributed by atoms with van der Waals surface area (Å²) in [6.45, 7) is 15.1. The molecule has 1 heteroatoms. The predicted octanol–water partition coefficient (Wildman–Crippen LogP) is 4.68. The van der Waals surface area contributed by atoms with Crippen molar-refractivity contribution < 1.29 is 4.79 Å². The van der Waals surface area contributed by atoms with E-state index in [0.717, 1.165) is 24.0 Å². The Labute approximate surface area is 106 Å². The van der Waals surface area contributed by atoms with Gasteiger partial charge in [-0.3, -0.25) is 4.79 Å². The first kappa shape index (κ1) is 14.2. The molecule has 0 spiro atoms. The third kappa shape index (κ3) is 2.88. The molecule has 17 heavy (non-hydrogen) atoms. The molecule has 1 rings (SSSR count). The molecule has 0 unspecified atom stereocenters. The standard InChI is InChI=1S/C16H26O/c1-8-9-11-10-12(15(2,3)4)13(14(11)17)16(5,6)7/h10H,8-9H2,1-7H3. The van der Waals surface area contributed by atoms with Crippen LogP contribution in [0.15, 0.2) is 22.8 Å². The highest BCUT2D eigenvalue weighted by Crippen LogP contribution is 2.43. The maximum atomic E-state index is 12.5. The minimum atomic E-state index is -0.0638. The molecule has 0 saturated carbocycles. The van der Waals surface area contributed by atoms with Gasteiger partial charge in [0.15, 0.2) is 5.78 Å². The first-order chi connectivity index (χ1) is 7.59. The van der Waals surface area contributed by atoms with Gasteiger partial charge in [0, 0.05) is 11.1 Å². The SMILES string of the molecule is CCCC1=CC(C(C)(C)C)=C(C(C)(C)C)C1=O. The van der Waals surface area contributed by atoms with Crippen LogP contribution < -0.4 is 0 Å². The normalized spacial score (nSPS) is 17.8. The molecular formula is C16H26O. The van der Waals surface area contributed by atoms with Crippen molar-refractivity contribution in [2.24, 2.45) is 10.8 Å². The van der Waals surface area contributed by atoms with Crippen molar-refractivity contribution in [2.75, 3.05) is 0 Å². The van der Waals surface area contributed by atoms with E-state index in [-0.39, 0.29) is 16.6 Å². The molecule has 1 aliphatic rings. The van der Waals surface area contributed by atoms with E-state index in [2.05, 4.69) is 54.5 Å². The molecule has 0 atom stereocenters. The topological polar surface area (TPSA) is 17.1 Å². The fourth-order valence-electron chi connectivity index (χ4n) is 2.39. The summed E-state index contributed by atoms with van der Waals surface area (Å²) in [7, 11) is 0. The number of hydrogen-bond donors (Lipinski definition) is 0. The summed E-state index contributed by atoms with van der Waals surface area (Å²) in [6, 6.07) is 0. The van der Waals surface area contributed by atoms with Gasteiger partial charge in [-0.15, -0.1) is 0 Å². The van der Waals surface area contributed by atoms with E-state index in [9.17, 15) is 4.79 Å². The van der Waals surface area contributed by atoms with Crippen LogP contribution in [0.1, 0.15) is 61.3 Å². The average Bonchev–Trinajstić information content (AvgIpc) is 2.43. The first-order valence-corrected chi connectivity index (χ1v) is 6.59. The molecule has 0 aromatic rings. The molecule has 1 aliphatic carbocycles. The lowest BCUT2D eigenvalue weighted by molar-refractivity contribution is -0.113. The van der Waals surface area contributed by atoms with E-state index in [1.54, 1.807) is 0 Å². The van der Waals surface area contributed by atoms with Crippen LogP contribution in [0, 0.1) is 10.8 Å². The van der Waals surface area contributed by atoms with Crippen LogP contribution in [0.25, 0.3) is 0 Å². The van der Waals surface area contributed by atoms with Crippen LogP contribution in [0.5, 0.6) is 0 Å². The van der Waals surface area contributed by atoms with Gasteiger partial charge in [-0.25, -0.2) is 0 Å². The molecule has 0 N–H and O–H groups in total. The fourth-order valence-corrected chi connectivity index (χ4v) is 2.39. The van der Waals surface area contributed by atoms with Crippen molar-refractivity contribution >= 4 is 5.78 Å². The number of allylic oxidation sites excluding steroid dienone is 4. The molecule has 0 aliphatic heterocycles. The molecular weight excluding hydrogens is 208 g/mol. The van der Waals surface area contributed by atoms with Crippen molar-refractivity contribution in [3.05, 3.63) is 22.8 Å². The Hall–Kier alpha value is -0.850. The van der Waals surface area contributed by atoms with Crippen LogP contribution in [-0.2, 0) is 4.79 Å². The van der Waals surface area contributed by atoms with E-state index in [0.29, 0.717) is 0 Å². The fraction of sp³-hybridized carbons (Fsp3) is 0.688. The molecule has 0 saturated heterocycles. The van der Waals surface area contributed by atoms with Crippen molar-refractivity contribution in [2.45, 2.75) is 61.3 Å². The summed E-state index contributed by atoms with van der Waals surface area (Å²) < 4.78 is 0. The maximum Gasteiger partial charge on any atom is 0.185 e. The number of ketones is 1. The lowest BCUT2D eigenvalue weighted by Crippen LogP contribution is -2.21. The molecule has 0 aromatic carbocycles. The average molecular weight is 234 g/mol. The van der Waals surface area contributed by atoms with E-state index in [4.69, 9.17) is 0 Å². The first-order valence-electron chi connectivity index (χ1n) is 6.59. The van der Waals surface area contributed by atoms with Gasteiger partial charge >= 0.3 is 0 Å². The molecule has 0 heterocycles. The zero-order chi connectivity index (χ0) is 13.4. The summed E-state index contributed by atoms with van der Waals surface area (Å²) in [4.78, 5) is 12.5. The number of rotatable bonds is 2. The minimum absolute atomic E-state index is 0.0494. The van der Waals surface area contributed by atoms with E-state index >= 15 is 0 Å². The van der Waals surface area contributed by atoms with Crippen LogP contribution in [0.3, 0.4) is 0 Å². The molecule has 0 amide bonds. The summed E-state index contributed by atoms with van der Waals surface area (Å²) in [5, 5.41) is 0. The number of Topliss-reactive ketones (excluding diaryl/α,β-unsaturated/α-hetero) is 1. The van der Waals surface area contributed by atoms with Gasteiger partial charge in [0.2, 0.25) is 0 Å². The van der Waals surface area contributed by atoms with Gasteiger partial charge < -0.3 is 0 Å². The second kappa shape index (κ2) is 4.44. The molecule has 0 fully saturated rings. The lowest BCUT2D eigenvalue weighted by Gasteiger charge is -2.27. The molecule has 96 valence electrons. The molecule has 0 bridgehead atoms. The highest BCUT2D eigenvalue weighted by molar-refractivity contribution is 6.13. The van der Waals surface area contributed by atoms with Gasteiger partial charge in [0.05, 0.1) is 0 Å². The van der Waals surface area contributed by atoms with Crippen molar-refractivity contribution in [3.8, 4) is 0 Å². The Balaban J connectivity index is 3.29. The Morgan fingerprint density at radius 3 is 1.82 bits per heavy atom. The van der Waals surface area contributed by atoms with Crippen LogP contribution in [-0.4, -0.2) is 5.78 Å². The van der Waals surface area contributed by atoms with E-state index in [1.165, 1.54) is 5.57 Å². The Morgan fingerprint density at radius 1 is 1.00 bits per heavy atom. The van der Waals surface area contributed by atoms with Crippen LogP contribution in [0.4, 0.5) is 0 Å². The maximum absolute atomic E-state index is 12.5. The second-order valence-electron chi connectivity index (χ2n) is 7.04. The Bertz CT molecular complexity index is 381. The molecule has 0 radical (unpaired) electrons. The third-order valence-electron chi connectivity index (χ3n) is 3.18. The quantitative estimate of drug-likeness (QED) is 0.677. The van der Waals surface area contributed by atoms with Crippen LogP contribution in [0.2, 0.25) is 0 Å². The smallest absolute Gasteiger partial charge is 0.185 e. The van der Waals surface area contributed by atoms with Crippen molar-refractivity contribution in [1.82, 2.24) is 0 Å². The van der Waals surface area contributed by atoms with Gasteiger partial charge in [-0.2, -0.15) is 0 Å². The third-order valence-corrected chi connectivity index (χ3v) is 3.18. The molecule has 0 aromatic heterocycles. The van der Waals surface area contributed by atoms with E-state index < -0.39 is 0 Å². The predicted molar refractivity (Wildman–Crippen MR) is 73.9 cm³/mol. The summed E-state index contributed by atoms with van der Waals surface area (Å²) in [5.74, 6) is 0.282. The van der Waals surface area contributed by atoms with Gasteiger partial charge in [-0.1, -0.05) is 61.0 Å². The van der Waals surface area contributed by atoms with Crippen molar-refractivity contribution in [1.29, 1.82) is 0 Å². The highest BCUT2D eigenvalue weighted by atomic mass is 16.1. The Morgan fingerprint density at radius 2 is 1.53 bits per heavy atom. The monoisotopic (exact) mass is 234 g/mol. The summed E-state index contributed by atoms with van der Waals surface area (Å²) in [6.07, 6.45) is 4.08. The number of hydrogen-bond acceptors (Lipinski definition) is 1. The second-order valence-corrected chi connectivity index (χ2v) is 7.04. The zero-order valence-electron chi connectivity index (χ0n) is 12.4. The number of carbonyl (C=O) groups is 1. The van der Waals surface area contributed by atoms with Gasteiger partial charge in [0.1, 0.15) is 0 Å². The van der Waals surface area contributed by atoms with E-state index in [1.807, 2.05) is 0 Å². The van der Waals surface area contributed by atoms with Gasteiger partial charge in [-0.05, 0) is 22.8 Å². The highest BCUT2D eigenvalue weighted by Gasteiger charge is 2.36.